The second kappa shape index (κ2) is 8.54. The first kappa shape index (κ1) is 19.4. The van der Waals surface area contributed by atoms with E-state index in [0.29, 0.717) is 23.0 Å². The average Bonchev–Trinajstić information content (AvgIpc) is 2.94. The fraction of sp³-hybridized carbons (Fsp3) is 0.350. The van der Waals surface area contributed by atoms with Gasteiger partial charge in [0.25, 0.3) is 0 Å². The van der Waals surface area contributed by atoms with Gasteiger partial charge in [-0.25, -0.2) is 9.79 Å². The first-order valence-corrected chi connectivity index (χ1v) is 9.59. The van der Waals surface area contributed by atoms with Crippen LogP contribution in [0.15, 0.2) is 52.7 Å². The molecule has 1 fully saturated rings. The number of esters is 1. The van der Waals surface area contributed by atoms with E-state index in [1.807, 2.05) is 49.4 Å². The second-order valence-corrected chi connectivity index (χ2v) is 7.51. The molecular weight excluding hydrogens is 364 g/mol. The Morgan fingerprint density at radius 2 is 2.04 bits per heavy atom. The van der Waals surface area contributed by atoms with E-state index in [9.17, 15) is 9.59 Å². The lowest BCUT2D eigenvalue weighted by molar-refractivity contribution is -0.141. The Labute approximate surface area is 162 Å². The highest BCUT2D eigenvalue weighted by Crippen LogP contribution is 2.36. The minimum absolute atomic E-state index is 0.0591. The van der Waals surface area contributed by atoms with Crippen molar-refractivity contribution in [1.29, 1.82) is 0 Å². The van der Waals surface area contributed by atoms with Crippen LogP contribution in [0, 0.1) is 0 Å². The topological polar surface area (TPSA) is 68.2 Å². The Bertz CT molecular complexity index is 817. The van der Waals surface area contributed by atoms with Crippen LogP contribution in [-0.2, 0) is 19.1 Å². The maximum atomic E-state index is 12.7. The maximum Gasteiger partial charge on any atom is 0.338 e. The molecule has 0 aromatic heterocycles. The van der Waals surface area contributed by atoms with Crippen molar-refractivity contribution in [3.63, 3.8) is 0 Å². The number of nitrogens with zero attached hydrogens (tertiary/aromatic N) is 2. The van der Waals surface area contributed by atoms with Crippen molar-refractivity contribution >= 4 is 34.9 Å². The quantitative estimate of drug-likeness (QED) is 0.555. The van der Waals surface area contributed by atoms with Gasteiger partial charge >= 0.3 is 5.97 Å². The molecule has 1 amide bonds. The molecule has 0 saturated carbocycles. The van der Waals surface area contributed by atoms with Crippen molar-refractivity contribution in [1.82, 2.24) is 4.90 Å². The van der Waals surface area contributed by atoms with Gasteiger partial charge in [-0.15, -0.1) is 0 Å². The molecule has 0 unspecified atom stereocenters. The van der Waals surface area contributed by atoms with Gasteiger partial charge in [-0.05, 0) is 19.4 Å². The Morgan fingerprint density at radius 1 is 1.30 bits per heavy atom. The van der Waals surface area contributed by atoms with Crippen LogP contribution in [0.25, 0.3) is 6.08 Å². The highest BCUT2D eigenvalue weighted by Gasteiger charge is 2.44. The Kier molecular flexibility index (Phi) is 6.13. The van der Waals surface area contributed by atoms with Crippen LogP contribution in [0.4, 0.5) is 0 Å². The fourth-order valence-electron chi connectivity index (χ4n) is 2.95. The summed E-state index contributed by atoms with van der Waals surface area (Å²) in [7, 11) is 1.54. The van der Waals surface area contributed by atoms with Crippen LogP contribution in [0.1, 0.15) is 19.4 Å². The molecule has 2 aliphatic heterocycles. The molecule has 0 bridgehead atoms. The Hall–Kier alpha value is -2.38. The lowest BCUT2D eigenvalue weighted by atomic mass is 10.00. The molecular formula is C20H22N2O4S. The molecule has 142 valence electrons. The van der Waals surface area contributed by atoms with Gasteiger partial charge < -0.3 is 9.47 Å². The fourth-order valence-corrected chi connectivity index (χ4v) is 3.99. The molecule has 2 heterocycles. The van der Waals surface area contributed by atoms with Gasteiger partial charge in [0.15, 0.2) is 5.17 Å². The summed E-state index contributed by atoms with van der Waals surface area (Å²) in [5, 5.41) is 0.397. The first-order chi connectivity index (χ1) is 13.0. The van der Waals surface area contributed by atoms with Crippen LogP contribution in [0.3, 0.4) is 0 Å². The number of allylic oxidation sites excluding steroid dienone is 1. The van der Waals surface area contributed by atoms with E-state index in [1.165, 1.54) is 11.8 Å². The van der Waals surface area contributed by atoms with Gasteiger partial charge in [-0.1, -0.05) is 54.2 Å². The molecule has 1 aromatic rings. The van der Waals surface area contributed by atoms with Gasteiger partial charge in [0.1, 0.15) is 6.61 Å². The summed E-state index contributed by atoms with van der Waals surface area (Å²) in [6.07, 6.45) is 3.77. The molecule has 27 heavy (non-hydrogen) atoms. The van der Waals surface area contributed by atoms with Crippen molar-refractivity contribution in [2.24, 2.45) is 4.99 Å². The lowest BCUT2D eigenvalue weighted by Gasteiger charge is -2.30. The largest absolute Gasteiger partial charge is 0.460 e. The molecule has 2 aliphatic rings. The molecule has 2 atom stereocenters. The highest BCUT2D eigenvalue weighted by molar-refractivity contribution is 8.15. The number of carbonyl (C=O) groups excluding carboxylic acids is 2. The number of benzene rings is 1. The van der Waals surface area contributed by atoms with Gasteiger partial charge in [0.2, 0.25) is 5.91 Å². The van der Waals surface area contributed by atoms with E-state index in [0.717, 1.165) is 5.56 Å². The zero-order valence-corrected chi connectivity index (χ0v) is 16.4. The summed E-state index contributed by atoms with van der Waals surface area (Å²) in [5.74, 6) is -0.538. The van der Waals surface area contributed by atoms with Crippen LogP contribution in [-0.4, -0.2) is 53.6 Å². The van der Waals surface area contributed by atoms with Crippen LogP contribution < -0.4 is 0 Å². The molecule has 0 aliphatic carbocycles. The monoisotopic (exact) mass is 386 g/mol. The number of hydrogen-bond acceptors (Lipinski definition) is 6. The number of hydrogen-bond donors (Lipinski definition) is 0. The summed E-state index contributed by atoms with van der Waals surface area (Å²) >= 11 is 1.41. The van der Waals surface area contributed by atoms with Gasteiger partial charge in [-0.3, -0.25) is 9.69 Å². The van der Waals surface area contributed by atoms with E-state index < -0.39 is 12.0 Å². The summed E-state index contributed by atoms with van der Waals surface area (Å²) in [6, 6.07) is 9.20. The van der Waals surface area contributed by atoms with Crippen LogP contribution >= 0.6 is 11.8 Å². The third-order valence-electron chi connectivity index (χ3n) is 4.31. The molecule has 0 N–H and O–H groups in total. The predicted octanol–water partition coefficient (Wildman–Crippen LogP) is 2.87. The number of carbonyl (C=O) groups is 2. The summed E-state index contributed by atoms with van der Waals surface area (Å²) in [5.41, 5.74) is 1.93. The van der Waals surface area contributed by atoms with E-state index in [1.54, 1.807) is 18.9 Å². The minimum Gasteiger partial charge on any atom is -0.460 e. The van der Waals surface area contributed by atoms with E-state index in [4.69, 9.17) is 9.47 Å². The summed E-state index contributed by atoms with van der Waals surface area (Å²) in [6.45, 7) is 4.08. The first-order valence-electron chi connectivity index (χ1n) is 8.71. The molecule has 7 heteroatoms. The zero-order valence-electron chi connectivity index (χ0n) is 15.5. The smallest absolute Gasteiger partial charge is 0.338 e. The molecule has 1 saturated heterocycles. The normalized spacial score (nSPS) is 22.3. The van der Waals surface area contributed by atoms with Crippen LogP contribution in [0.2, 0.25) is 0 Å². The number of amides is 1. The molecule has 0 radical (unpaired) electrons. The Morgan fingerprint density at radius 3 is 2.74 bits per heavy atom. The average molecular weight is 386 g/mol. The minimum atomic E-state index is -0.544. The van der Waals surface area contributed by atoms with Gasteiger partial charge in [0.05, 0.1) is 29.2 Å². The summed E-state index contributed by atoms with van der Waals surface area (Å²) < 4.78 is 10.3. The molecule has 1 aromatic carbocycles. The number of methoxy groups -OCH3 is 1. The lowest BCUT2D eigenvalue weighted by Crippen LogP contribution is -2.45. The van der Waals surface area contributed by atoms with Gasteiger partial charge in [0, 0.05) is 7.11 Å². The standard InChI is InChI=1S/C20H22N2O4S/c1-13-17(19(24)26-12-11-25-3)16(10-9-15-7-5-4-6-8-15)22-18(23)14(2)27-20(22)21-13/h4-10,14,16H,11-12H2,1-3H3/b10-9+/t14-,16-/m1/s1. The van der Waals surface area contributed by atoms with Crippen molar-refractivity contribution in [2.45, 2.75) is 25.1 Å². The molecule has 3 rings (SSSR count). The van der Waals surface area contributed by atoms with E-state index >= 15 is 0 Å². The third-order valence-corrected chi connectivity index (χ3v) is 5.37. The second-order valence-electron chi connectivity index (χ2n) is 6.21. The predicted molar refractivity (Wildman–Crippen MR) is 106 cm³/mol. The number of rotatable bonds is 6. The number of thioether (sulfide) groups is 1. The van der Waals surface area contributed by atoms with Crippen LogP contribution in [0.5, 0.6) is 0 Å². The van der Waals surface area contributed by atoms with Crippen molar-refractivity contribution in [3.05, 3.63) is 53.2 Å². The Balaban J connectivity index is 1.95. The van der Waals surface area contributed by atoms with E-state index in [-0.39, 0.29) is 17.8 Å². The van der Waals surface area contributed by atoms with Crippen molar-refractivity contribution < 1.29 is 19.1 Å². The maximum absolute atomic E-state index is 12.7. The number of fused-ring (bicyclic) bond motifs is 1. The molecule has 6 nitrogen and oxygen atoms in total. The SMILES string of the molecule is COCCOC(=O)C1=C(C)N=C2S[C@H](C)C(=O)N2[C@@H]1/C=C/c1ccccc1. The number of amidine groups is 1. The third kappa shape index (κ3) is 4.14. The zero-order chi connectivity index (χ0) is 19.4. The number of ether oxygens (including phenoxy) is 2. The van der Waals surface area contributed by atoms with E-state index in [2.05, 4.69) is 4.99 Å². The summed E-state index contributed by atoms with van der Waals surface area (Å²) in [4.78, 5) is 31.5. The van der Waals surface area contributed by atoms with Crippen molar-refractivity contribution in [3.8, 4) is 0 Å². The molecule has 0 spiro atoms. The highest BCUT2D eigenvalue weighted by atomic mass is 32.2. The number of aliphatic imine (C=N–C) groups is 1. The van der Waals surface area contributed by atoms with Crippen molar-refractivity contribution in [2.75, 3.05) is 20.3 Å². The van der Waals surface area contributed by atoms with Gasteiger partial charge in [-0.2, -0.15) is 0 Å².